The van der Waals surface area contributed by atoms with Gasteiger partial charge in [0.15, 0.2) is 17.0 Å². The van der Waals surface area contributed by atoms with Crippen LogP contribution in [-0.4, -0.2) is 39.0 Å². The smallest absolute Gasteiger partial charge is 0.272 e. The maximum Gasteiger partial charge on any atom is 0.272 e. The molecule has 0 bridgehead atoms. The van der Waals surface area contributed by atoms with Gasteiger partial charge in [-0.05, 0) is 55.6 Å². The summed E-state index contributed by atoms with van der Waals surface area (Å²) in [4.78, 5) is 18.2. The van der Waals surface area contributed by atoms with E-state index in [1.165, 1.54) is 10.6 Å². The molecule has 36 heavy (non-hydrogen) atoms. The summed E-state index contributed by atoms with van der Waals surface area (Å²) >= 11 is 8.18. The number of fused-ring (bicyclic) bond motifs is 1. The van der Waals surface area contributed by atoms with Crippen LogP contribution in [0, 0.1) is 5.41 Å². The van der Waals surface area contributed by atoms with Crippen molar-refractivity contribution in [3.05, 3.63) is 76.6 Å². The van der Waals surface area contributed by atoms with E-state index < -0.39 is 17.8 Å². The van der Waals surface area contributed by atoms with Gasteiger partial charge in [-0.25, -0.2) is 8.78 Å². The van der Waals surface area contributed by atoms with Gasteiger partial charge in [0.25, 0.3) is 12.0 Å². The molecule has 0 unspecified atom stereocenters. The number of ether oxygens (including phenoxy) is 2. The number of hydrogen-bond donors (Lipinski definition) is 4. The van der Waals surface area contributed by atoms with E-state index in [9.17, 15) is 13.6 Å². The van der Waals surface area contributed by atoms with Gasteiger partial charge >= 0.3 is 0 Å². The second kappa shape index (κ2) is 11.1. The maximum absolute atomic E-state index is 13.8. The van der Waals surface area contributed by atoms with Gasteiger partial charge in [-0.15, -0.1) is 25.3 Å². The zero-order valence-corrected chi connectivity index (χ0v) is 20.8. The summed E-state index contributed by atoms with van der Waals surface area (Å²) in [6.45, 7) is -0.425. The highest BCUT2D eigenvalue weighted by Crippen LogP contribution is 2.25. The van der Waals surface area contributed by atoms with E-state index in [0.29, 0.717) is 34.6 Å². The second-order valence-electron chi connectivity index (χ2n) is 7.69. The molecular weight excluding hydrogens is 508 g/mol. The highest BCUT2D eigenvalue weighted by atomic mass is 32.2. The molecule has 1 aromatic carbocycles. The summed E-state index contributed by atoms with van der Waals surface area (Å²) in [6.07, 6.45) is -0.943. The largest absolute Gasteiger partial charge is 0.472 e. The fourth-order valence-corrected chi connectivity index (χ4v) is 3.89. The van der Waals surface area contributed by atoms with Crippen LogP contribution in [0.15, 0.2) is 65.6 Å². The van der Waals surface area contributed by atoms with Crippen molar-refractivity contribution in [2.24, 2.45) is 0 Å². The Labute approximate surface area is 215 Å². The first kappa shape index (κ1) is 25.7. The summed E-state index contributed by atoms with van der Waals surface area (Å²) in [5.74, 6) is 0.470. The van der Waals surface area contributed by atoms with Gasteiger partial charge in [0.2, 0.25) is 5.88 Å². The number of thiol groups is 2. The van der Waals surface area contributed by atoms with Crippen LogP contribution in [0.4, 0.5) is 8.78 Å². The van der Waals surface area contributed by atoms with Crippen LogP contribution in [0.5, 0.6) is 11.6 Å². The highest BCUT2D eigenvalue weighted by molar-refractivity contribution is 7.98. The third-order valence-corrected chi connectivity index (χ3v) is 5.39. The van der Waals surface area contributed by atoms with E-state index in [-0.39, 0.29) is 22.6 Å². The average Bonchev–Trinajstić information content (AvgIpc) is 2.84. The number of hydrogen-bond acceptors (Lipinski definition) is 8. The lowest BCUT2D eigenvalue weighted by molar-refractivity contribution is 0.0797. The number of aromatic nitrogens is 3. The van der Waals surface area contributed by atoms with Crippen LogP contribution in [0.1, 0.15) is 0 Å². The number of nitrogens with zero attached hydrogens (tertiary/aromatic N) is 3. The van der Waals surface area contributed by atoms with Gasteiger partial charge in [0, 0.05) is 28.8 Å². The Balaban J connectivity index is 1.92. The van der Waals surface area contributed by atoms with Crippen LogP contribution in [-0.2, 0) is 6.67 Å². The molecule has 2 N–H and O–H groups in total. The first-order valence-corrected chi connectivity index (χ1v) is 11.8. The third-order valence-electron chi connectivity index (χ3n) is 5.18. The van der Waals surface area contributed by atoms with Crippen molar-refractivity contribution >= 4 is 36.3 Å². The Bertz CT molecular complexity index is 1490. The lowest BCUT2D eigenvalue weighted by Crippen LogP contribution is -2.26. The maximum atomic E-state index is 13.8. The number of alkyl halides is 2. The summed E-state index contributed by atoms with van der Waals surface area (Å²) in [5, 5.41) is 11.7. The Kier molecular flexibility index (Phi) is 7.97. The van der Waals surface area contributed by atoms with E-state index in [1.807, 2.05) is 0 Å². The third kappa shape index (κ3) is 5.72. The Morgan fingerprint density at radius 1 is 1.11 bits per heavy atom. The normalized spacial score (nSPS) is 11.4. The zero-order valence-electron chi connectivity index (χ0n) is 19.1. The number of rotatable bonds is 9. The Hall–Kier alpha value is -3.35. The van der Waals surface area contributed by atoms with E-state index in [4.69, 9.17) is 14.9 Å². The molecule has 3 aromatic heterocycles. The zero-order chi connectivity index (χ0) is 25.8. The molecule has 8 nitrogen and oxygen atoms in total. The summed E-state index contributed by atoms with van der Waals surface area (Å²) in [7, 11) is 1.76. The standard InChI is InChI=1S/C24H23F2N5O3S2/c1-28-13-30-11-15(2-8-20(30)27)18-10-14-3-9-21(33-12-19(25)26)29-22(14)31(23(18)32)16-4-6-17(7-5-16)34-24(35)36/h2-11,19,24,27-28,35-36H,12-13H2,1H3. The van der Waals surface area contributed by atoms with Crippen molar-refractivity contribution in [3.63, 3.8) is 0 Å². The molecule has 0 atom stereocenters. The molecule has 0 amide bonds. The second-order valence-corrected chi connectivity index (χ2v) is 9.03. The minimum atomic E-state index is -2.66. The molecule has 0 saturated carbocycles. The van der Waals surface area contributed by atoms with Crippen molar-refractivity contribution in [2.75, 3.05) is 13.7 Å². The van der Waals surface area contributed by atoms with Gasteiger partial charge in [-0.2, -0.15) is 4.98 Å². The predicted octanol–water partition coefficient (Wildman–Crippen LogP) is 3.68. The van der Waals surface area contributed by atoms with Gasteiger partial charge in [-0.1, -0.05) is 0 Å². The number of pyridine rings is 3. The number of benzene rings is 1. The van der Waals surface area contributed by atoms with Crippen LogP contribution >= 0.6 is 25.3 Å². The molecule has 0 fully saturated rings. The summed E-state index contributed by atoms with van der Waals surface area (Å²) in [6, 6.07) is 14.8. The Morgan fingerprint density at radius 3 is 2.53 bits per heavy atom. The highest BCUT2D eigenvalue weighted by Gasteiger charge is 2.16. The van der Waals surface area contributed by atoms with Crippen molar-refractivity contribution < 1.29 is 18.3 Å². The van der Waals surface area contributed by atoms with Crippen molar-refractivity contribution in [1.82, 2.24) is 19.4 Å². The molecule has 0 radical (unpaired) electrons. The molecule has 3 heterocycles. The lowest BCUT2D eigenvalue weighted by Gasteiger charge is -2.15. The van der Waals surface area contributed by atoms with Gasteiger partial charge in [-0.3, -0.25) is 14.8 Å². The first-order valence-electron chi connectivity index (χ1n) is 10.8. The SMILES string of the molecule is CNCn1cc(-c2cc3ccc(OCC(F)F)nc3n(-c3ccc(OC(S)S)cc3)c2=O)ccc1=N. The molecule has 0 aliphatic rings. The van der Waals surface area contributed by atoms with E-state index >= 15 is 0 Å². The number of halogens is 2. The van der Waals surface area contributed by atoms with Crippen molar-refractivity contribution in [3.8, 4) is 28.4 Å². The fourth-order valence-electron chi connectivity index (χ4n) is 3.64. The molecule has 4 aromatic rings. The van der Waals surface area contributed by atoms with Crippen molar-refractivity contribution in [1.29, 1.82) is 5.41 Å². The van der Waals surface area contributed by atoms with Crippen LogP contribution < -0.4 is 25.8 Å². The topological polar surface area (TPSA) is 94.2 Å². The number of nitrogens with one attached hydrogen (secondary N) is 2. The summed E-state index contributed by atoms with van der Waals surface area (Å²) in [5.41, 5.74) is 1.59. The van der Waals surface area contributed by atoms with Crippen LogP contribution in [0.2, 0.25) is 0 Å². The quantitative estimate of drug-likeness (QED) is 0.195. The molecule has 0 aliphatic carbocycles. The monoisotopic (exact) mass is 531 g/mol. The predicted molar refractivity (Wildman–Crippen MR) is 140 cm³/mol. The molecule has 0 aliphatic heterocycles. The lowest BCUT2D eigenvalue weighted by atomic mass is 10.1. The molecule has 0 saturated heterocycles. The fraction of sp³-hybridized carbons (Fsp3) is 0.208. The Morgan fingerprint density at radius 2 is 1.86 bits per heavy atom. The summed E-state index contributed by atoms with van der Waals surface area (Å²) < 4.78 is 38.3. The average molecular weight is 532 g/mol. The first-order chi connectivity index (χ1) is 17.3. The minimum Gasteiger partial charge on any atom is -0.472 e. The van der Waals surface area contributed by atoms with Gasteiger partial charge < -0.3 is 19.4 Å². The van der Waals surface area contributed by atoms with Crippen LogP contribution in [0.3, 0.4) is 0 Å². The molecule has 12 heteroatoms. The molecular formula is C24H23F2N5O3S2. The van der Waals surface area contributed by atoms with Crippen molar-refractivity contribution in [2.45, 2.75) is 17.9 Å². The van der Waals surface area contributed by atoms with E-state index in [2.05, 4.69) is 35.6 Å². The minimum absolute atomic E-state index is 0.0259. The van der Waals surface area contributed by atoms with Gasteiger partial charge in [0.05, 0.1) is 12.4 Å². The van der Waals surface area contributed by atoms with E-state index in [0.717, 1.165) is 0 Å². The van der Waals surface area contributed by atoms with Gasteiger partial charge in [0.1, 0.15) is 11.2 Å². The van der Waals surface area contributed by atoms with Crippen LogP contribution in [0.25, 0.3) is 27.8 Å². The molecule has 4 rings (SSSR count). The molecule has 188 valence electrons. The molecule has 0 spiro atoms. The van der Waals surface area contributed by atoms with E-state index in [1.54, 1.807) is 66.3 Å².